The Labute approximate surface area is 186 Å². The van der Waals surface area contributed by atoms with Crippen molar-refractivity contribution >= 4 is 11.7 Å². The van der Waals surface area contributed by atoms with Gasteiger partial charge in [0, 0.05) is 18.0 Å². The second kappa shape index (κ2) is 8.18. The lowest BCUT2D eigenvalue weighted by Crippen LogP contribution is -2.48. The Morgan fingerprint density at radius 3 is 2.50 bits per heavy atom. The van der Waals surface area contributed by atoms with Crippen molar-refractivity contribution in [3.63, 3.8) is 0 Å². The van der Waals surface area contributed by atoms with Gasteiger partial charge in [0.05, 0.1) is 33.3 Å². The van der Waals surface area contributed by atoms with Gasteiger partial charge in [0.25, 0.3) is 0 Å². The van der Waals surface area contributed by atoms with Crippen molar-refractivity contribution in [2.75, 3.05) is 26.6 Å². The zero-order valence-electron chi connectivity index (χ0n) is 18.4. The number of methoxy groups -OCH3 is 3. The van der Waals surface area contributed by atoms with Crippen LogP contribution in [0, 0.1) is 5.92 Å². The molecule has 0 spiro atoms. The molecular weight excluding hydrogens is 408 g/mol. The van der Waals surface area contributed by atoms with E-state index in [4.69, 9.17) is 24.3 Å². The summed E-state index contributed by atoms with van der Waals surface area (Å²) in [4.78, 5) is 17.9. The third-order valence-electron chi connectivity index (χ3n) is 6.39. The first-order valence-corrected chi connectivity index (χ1v) is 10.7. The molecular formula is C24H26N4O4. The van der Waals surface area contributed by atoms with E-state index >= 15 is 0 Å². The van der Waals surface area contributed by atoms with E-state index in [1.54, 1.807) is 21.3 Å². The Balaban J connectivity index is 1.62. The molecule has 1 aromatic heterocycles. The minimum atomic E-state index is -0.275. The summed E-state index contributed by atoms with van der Waals surface area (Å²) in [7, 11) is 4.86. The Bertz CT molecular complexity index is 1140. The predicted octanol–water partition coefficient (Wildman–Crippen LogP) is 3.72. The quantitative estimate of drug-likeness (QED) is 0.655. The Morgan fingerprint density at radius 1 is 1.00 bits per heavy atom. The minimum absolute atomic E-state index is 0.0229. The van der Waals surface area contributed by atoms with Crippen molar-refractivity contribution in [3.8, 4) is 28.6 Å². The van der Waals surface area contributed by atoms with Crippen molar-refractivity contribution in [2.24, 2.45) is 5.92 Å². The molecule has 0 radical (unpaired) electrons. The van der Waals surface area contributed by atoms with Gasteiger partial charge in [-0.25, -0.2) is 4.68 Å². The Kier molecular flexibility index (Phi) is 5.20. The van der Waals surface area contributed by atoms with E-state index in [-0.39, 0.29) is 23.8 Å². The first-order chi connectivity index (χ1) is 15.6. The smallest absolute Gasteiger partial charge is 0.222 e. The molecule has 5 rings (SSSR count). The van der Waals surface area contributed by atoms with E-state index in [0.717, 1.165) is 29.7 Å². The molecule has 0 saturated heterocycles. The third kappa shape index (κ3) is 3.36. The average Bonchev–Trinajstić information content (AvgIpc) is 3.26. The number of Topliss-reactive ketones (excluding diaryl/α,β-unsaturated/α-hetero) is 1. The number of hydrogen-bond donors (Lipinski definition) is 1. The van der Waals surface area contributed by atoms with Crippen LogP contribution in [0.15, 0.2) is 42.5 Å². The average molecular weight is 434 g/mol. The van der Waals surface area contributed by atoms with Crippen molar-refractivity contribution in [1.82, 2.24) is 14.8 Å². The number of ketones is 1. The number of hydrogen-bond acceptors (Lipinski definition) is 7. The largest absolute Gasteiger partial charge is 0.497 e. The van der Waals surface area contributed by atoms with Crippen LogP contribution in [0.3, 0.4) is 0 Å². The number of ether oxygens (including phenoxy) is 3. The fourth-order valence-electron chi connectivity index (χ4n) is 4.81. The maximum atomic E-state index is 13.1. The molecule has 8 heteroatoms. The van der Waals surface area contributed by atoms with Gasteiger partial charge >= 0.3 is 0 Å². The fourth-order valence-corrected chi connectivity index (χ4v) is 4.81. The molecule has 1 fully saturated rings. The Hall–Kier alpha value is -3.55. The van der Waals surface area contributed by atoms with E-state index < -0.39 is 0 Å². The molecule has 1 aliphatic carbocycles. The Morgan fingerprint density at radius 2 is 1.78 bits per heavy atom. The molecule has 2 heterocycles. The van der Waals surface area contributed by atoms with Gasteiger partial charge in [0.15, 0.2) is 17.3 Å². The van der Waals surface area contributed by atoms with Gasteiger partial charge in [-0.15, -0.1) is 5.10 Å². The van der Waals surface area contributed by atoms with Crippen LogP contribution in [0.5, 0.6) is 17.2 Å². The molecule has 0 bridgehead atoms. The summed E-state index contributed by atoms with van der Waals surface area (Å²) < 4.78 is 18.1. The summed E-state index contributed by atoms with van der Waals surface area (Å²) in [5, 5.41) is 8.32. The highest BCUT2D eigenvalue weighted by atomic mass is 16.5. The molecule has 3 aromatic rings. The maximum Gasteiger partial charge on any atom is 0.222 e. The van der Waals surface area contributed by atoms with Crippen molar-refractivity contribution in [1.29, 1.82) is 0 Å². The molecule has 8 nitrogen and oxygen atoms in total. The molecule has 1 saturated carbocycles. The molecule has 2 aliphatic rings. The number of aromatic nitrogens is 3. The number of nitrogens with zero attached hydrogens (tertiary/aromatic N) is 3. The van der Waals surface area contributed by atoms with Crippen LogP contribution in [0.25, 0.3) is 11.4 Å². The van der Waals surface area contributed by atoms with Crippen LogP contribution in [0.1, 0.15) is 30.9 Å². The van der Waals surface area contributed by atoms with Crippen LogP contribution >= 0.6 is 0 Å². The number of rotatable bonds is 5. The van der Waals surface area contributed by atoms with Gasteiger partial charge in [0.1, 0.15) is 11.5 Å². The van der Waals surface area contributed by atoms with Gasteiger partial charge in [-0.3, -0.25) is 4.79 Å². The van der Waals surface area contributed by atoms with Gasteiger partial charge < -0.3 is 19.5 Å². The second-order valence-electron chi connectivity index (χ2n) is 8.13. The lowest BCUT2D eigenvalue weighted by atomic mass is 9.75. The number of carbonyl (C=O) groups is 1. The zero-order valence-corrected chi connectivity index (χ0v) is 18.4. The molecule has 3 atom stereocenters. The predicted molar refractivity (Wildman–Crippen MR) is 119 cm³/mol. The summed E-state index contributed by atoms with van der Waals surface area (Å²) in [6.45, 7) is 0. The summed E-state index contributed by atoms with van der Waals surface area (Å²) in [5.41, 5.74) is 1.83. The van der Waals surface area contributed by atoms with E-state index in [9.17, 15) is 4.79 Å². The SMILES string of the molecule is COc1ccc(-c2nc3n(n2)[C@H](c2ccc(OC)c(OC)c2)[C@@H]2C(=O)CCC[C@H]2N3)cc1. The normalized spacial score (nSPS) is 21.8. The van der Waals surface area contributed by atoms with Crippen LogP contribution in [-0.2, 0) is 4.79 Å². The van der Waals surface area contributed by atoms with Crippen LogP contribution in [0.2, 0.25) is 0 Å². The van der Waals surface area contributed by atoms with Crippen LogP contribution in [0.4, 0.5) is 5.95 Å². The van der Waals surface area contributed by atoms with E-state index in [1.165, 1.54) is 0 Å². The molecule has 0 unspecified atom stereocenters. The van der Waals surface area contributed by atoms with E-state index in [2.05, 4.69) is 5.32 Å². The standard InChI is InChI=1S/C24H26N4O4/c1-30-16-10-7-14(8-11-16)23-26-24-25-17-5-4-6-18(29)21(17)22(28(24)27-23)15-9-12-19(31-2)20(13-15)32-3/h7-13,17,21-22H,4-6H2,1-3H3,(H,25,26,27)/t17-,21+,22-/m1/s1. The summed E-state index contributed by atoms with van der Waals surface area (Å²) in [6.07, 6.45) is 2.39. The molecule has 32 heavy (non-hydrogen) atoms. The number of carbonyl (C=O) groups excluding carboxylic acids is 1. The van der Waals surface area contributed by atoms with Gasteiger partial charge in [-0.05, 0) is 54.8 Å². The number of nitrogens with one attached hydrogen (secondary N) is 1. The molecule has 2 aromatic carbocycles. The van der Waals surface area contributed by atoms with Crippen LogP contribution in [-0.4, -0.2) is 47.9 Å². The van der Waals surface area contributed by atoms with Gasteiger partial charge in [0.2, 0.25) is 5.95 Å². The van der Waals surface area contributed by atoms with E-state index in [0.29, 0.717) is 29.7 Å². The van der Waals surface area contributed by atoms with Crippen molar-refractivity contribution < 1.29 is 19.0 Å². The highest BCUT2D eigenvalue weighted by Crippen LogP contribution is 2.43. The summed E-state index contributed by atoms with van der Waals surface area (Å²) in [5.74, 6) is 3.35. The number of anilines is 1. The first kappa shape index (κ1) is 20.4. The number of benzene rings is 2. The van der Waals surface area contributed by atoms with Crippen molar-refractivity contribution in [2.45, 2.75) is 31.3 Å². The molecule has 1 aliphatic heterocycles. The first-order valence-electron chi connectivity index (χ1n) is 10.7. The van der Waals surface area contributed by atoms with Crippen molar-refractivity contribution in [3.05, 3.63) is 48.0 Å². The van der Waals surface area contributed by atoms with Gasteiger partial charge in [-0.2, -0.15) is 4.98 Å². The van der Waals surface area contributed by atoms with Crippen LogP contribution < -0.4 is 19.5 Å². The van der Waals surface area contributed by atoms with E-state index in [1.807, 2.05) is 47.1 Å². The highest BCUT2D eigenvalue weighted by Gasteiger charge is 2.45. The molecule has 1 N–H and O–H groups in total. The lowest BCUT2D eigenvalue weighted by Gasteiger charge is -2.41. The minimum Gasteiger partial charge on any atom is -0.497 e. The summed E-state index contributed by atoms with van der Waals surface area (Å²) >= 11 is 0. The van der Waals surface area contributed by atoms with Gasteiger partial charge in [-0.1, -0.05) is 6.07 Å². The second-order valence-corrected chi connectivity index (χ2v) is 8.13. The highest BCUT2D eigenvalue weighted by molar-refractivity contribution is 5.84. The molecule has 166 valence electrons. The fraction of sp³-hybridized carbons (Fsp3) is 0.375. The lowest BCUT2D eigenvalue weighted by molar-refractivity contribution is -0.126. The zero-order chi connectivity index (χ0) is 22.2. The number of fused-ring (bicyclic) bond motifs is 2. The third-order valence-corrected chi connectivity index (χ3v) is 6.39. The summed E-state index contributed by atoms with van der Waals surface area (Å²) in [6, 6.07) is 13.2. The topological polar surface area (TPSA) is 87.5 Å². The molecule has 0 amide bonds. The monoisotopic (exact) mass is 434 g/mol. The maximum absolute atomic E-state index is 13.1.